The van der Waals surface area contributed by atoms with Crippen molar-refractivity contribution in [3.05, 3.63) is 29.8 Å². The van der Waals surface area contributed by atoms with Crippen LogP contribution >= 0.6 is 11.8 Å². The number of carboxylic acids is 1. The Labute approximate surface area is 140 Å². The van der Waals surface area contributed by atoms with E-state index in [2.05, 4.69) is 5.32 Å². The maximum Gasteiger partial charge on any atom is 0.335 e. The number of carbonyl (C=O) groups excluding carboxylic acids is 1. The van der Waals surface area contributed by atoms with Crippen LogP contribution in [-0.2, 0) is 4.79 Å². The van der Waals surface area contributed by atoms with Gasteiger partial charge in [0.2, 0.25) is 5.91 Å². The molecule has 0 bridgehead atoms. The number of hydrogen-bond donors (Lipinski definition) is 2. The Balaban J connectivity index is 1.92. The van der Waals surface area contributed by atoms with Crippen LogP contribution in [0.3, 0.4) is 0 Å². The molecule has 1 aliphatic rings. The number of aromatic carboxylic acids is 1. The maximum atomic E-state index is 12.2. The molecule has 0 radical (unpaired) electrons. The highest BCUT2D eigenvalue weighted by atomic mass is 32.2. The third kappa shape index (κ3) is 5.00. The first-order chi connectivity index (χ1) is 11.1. The minimum absolute atomic E-state index is 0.0157. The molecule has 1 aromatic carbocycles. The lowest BCUT2D eigenvalue weighted by molar-refractivity contribution is -0.127. The summed E-state index contributed by atoms with van der Waals surface area (Å²) in [6, 6.07) is 8.75. The number of thioether (sulfide) groups is 1. The highest BCUT2D eigenvalue weighted by molar-refractivity contribution is 7.99. The molecule has 0 unspecified atom stereocenters. The molecule has 6 heteroatoms. The average Bonchev–Trinajstić information content (AvgIpc) is 2.58. The van der Waals surface area contributed by atoms with E-state index in [9.17, 15) is 9.59 Å². The third-order valence-corrected chi connectivity index (χ3v) is 5.35. The number of nitriles is 1. The fourth-order valence-corrected chi connectivity index (χ4v) is 4.04. The minimum atomic E-state index is -0.928. The van der Waals surface area contributed by atoms with Gasteiger partial charge in [0, 0.05) is 16.6 Å². The predicted molar refractivity (Wildman–Crippen MR) is 88.2 cm³/mol. The van der Waals surface area contributed by atoms with Crippen LogP contribution in [0, 0.1) is 23.2 Å². The van der Waals surface area contributed by atoms with Crippen molar-refractivity contribution in [2.45, 2.75) is 30.6 Å². The van der Waals surface area contributed by atoms with Gasteiger partial charge in [-0.05, 0) is 43.0 Å². The van der Waals surface area contributed by atoms with E-state index in [4.69, 9.17) is 10.4 Å². The highest BCUT2D eigenvalue weighted by Crippen LogP contribution is 2.34. The lowest BCUT2D eigenvalue weighted by Crippen LogP contribution is -2.37. The van der Waals surface area contributed by atoms with E-state index < -0.39 is 5.97 Å². The summed E-state index contributed by atoms with van der Waals surface area (Å²) < 4.78 is 0. The molecule has 23 heavy (non-hydrogen) atoms. The van der Waals surface area contributed by atoms with E-state index in [1.807, 2.05) is 18.2 Å². The molecule has 0 aliphatic heterocycles. The van der Waals surface area contributed by atoms with Crippen molar-refractivity contribution < 1.29 is 14.7 Å². The quantitative estimate of drug-likeness (QED) is 0.617. The van der Waals surface area contributed by atoms with Gasteiger partial charge in [-0.2, -0.15) is 5.26 Å². The number of nitrogens with one attached hydrogen (secondary N) is 1. The number of nitrogens with zero attached hydrogens (tertiary/aromatic N) is 1. The molecule has 2 N–H and O–H groups in total. The van der Waals surface area contributed by atoms with Crippen LogP contribution in [0.5, 0.6) is 0 Å². The summed E-state index contributed by atoms with van der Waals surface area (Å²) in [5.74, 6) is 0.160. The highest BCUT2D eigenvalue weighted by Gasteiger charge is 2.30. The monoisotopic (exact) mass is 332 g/mol. The lowest BCUT2D eigenvalue weighted by atomic mass is 9.80. The Morgan fingerprint density at radius 3 is 2.61 bits per heavy atom. The van der Waals surface area contributed by atoms with Crippen LogP contribution in [0.25, 0.3) is 0 Å². The molecule has 2 atom stereocenters. The van der Waals surface area contributed by atoms with Crippen molar-refractivity contribution in [1.82, 2.24) is 5.32 Å². The van der Waals surface area contributed by atoms with Crippen LogP contribution in [0.1, 0.15) is 36.0 Å². The zero-order valence-corrected chi connectivity index (χ0v) is 13.6. The molecule has 0 spiro atoms. The summed E-state index contributed by atoms with van der Waals surface area (Å²) in [5, 5.41) is 20.2. The van der Waals surface area contributed by atoms with E-state index in [1.54, 1.807) is 23.9 Å². The lowest BCUT2D eigenvalue weighted by Gasteiger charge is -2.30. The zero-order chi connectivity index (χ0) is 16.7. The summed E-state index contributed by atoms with van der Waals surface area (Å²) in [5.41, 5.74) is 0.278. The van der Waals surface area contributed by atoms with Crippen molar-refractivity contribution in [1.29, 1.82) is 5.26 Å². The topological polar surface area (TPSA) is 90.2 Å². The summed E-state index contributed by atoms with van der Waals surface area (Å²) >= 11 is 1.65. The van der Waals surface area contributed by atoms with Crippen molar-refractivity contribution >= 4 is 23.6 Å². The predicted octanol–water partition coefficient (Wildman–Crippen LogP) is 2.92. The van der Waals surface area contributed by atoms with Gasteiger partial charge >= 0.3 is 5.97 Å². The van der Waals surface area contributed by atoms with Gasteiger partial charge in [0.05, 0.1) is 11.6 Å². The smallest absolute Gasteiger partial charge is 0.335 e. The second kappa shape index (κ2) is 8.59. The first kappa shape index (κ1) is 17.4. The normalized spacial score (nSPS) is 20.5. The number of carbonyl (C=O) groups is 2. The Morgan fingerprint density at radius 2 is 1.96 bits per heavy atom. The molecule has 1 saturated carbocycles. The van der Waals surface area contributed by atoms with Crippen molar-refractivity contribution in [3.8, 4) is 6.07 Å². The molecule has 0 aromatic heterocycles. The molecule has 0 saturated heterocycles. The number of carboxylic acid groups (broad SMARTS) is 1. The third-order valence-electron chi connectivity index (χ3n) is 4.15. The zero-order valence-electron chi connectivity index (χ0n) is 12.8. The first-order valence-corrected chi connectivity index (χ1v) is 8.71. The Bertz CT molecular complexity index is 595. The van der Waals surface area contributed by atoms with Crippen LogP contribution in [0.2, 0.25) is 0 Å². The molecular weight excluding hydrogens is 312 g/mol. The van der Waals surface area contributed by atoms with E-state index >= 15 is 0 Å². The SMILES string of the molecule is N#CCNC(=O)[C@H]1CCCC[C@@H]1CSc1ccc(C(=O)O)cc1. The molecular formula is C17H20N2O3S. The van der Waals surface area contributed by atoms with E-state index in [0.717, 1.165) is 36.3 Å². The molecule has 0 heterocycles. The van der Waals surface area contributed by atoms with Gasteiger partial charge in [0.15, 0.2) is 0 Å². The van der Waals surface area contributed by atoms with Gasteiger partial charge < -0.3 is 10.4 Å². The van der Waals surface area contributed by atoms with Crippen molar-refractivity contribution in [2.75, 3.05) is 12.3 Å². The van der Waals surface area contributed by atoms with E-state index in [1.165, 1.54) is 0 Å². The average molecular weight is 332 g/mol. The van der Waals surface area contributed by atoms with Gasteiger partial charge in [-0.25, -0.2) is 4.79 Å². The summed E-state index contributed by atoms with van der Waals surface area (Å²) in [6.07, 6.45) is 4.08. The number of amides is 1. The van der Waals surface area contributed by atoms with Crippen LogP contribution in [-0.4, -0.2) is 29.3 Å². The van der Waals surface area contributed by atoms with Crippen LogP contribution in [0.4, 0.5) is 0 Å². The van der Waals surface area contributed by atoms with Crippen LogP contribution < -0.4 is 5.32 Å². The Hall–Kier alpha value is -2.00. The van der Waals surface area contributed by atoms with E-state index in [0.29, 0.717) is 5.92 Å². The van der Waals surface area contributed by atoms with Gasteiger partial charge in [0.25, 0.3) is 0 Å². The standard InChI is InChI=1S/C17H20N2O3S/c18-9-10-19-16(20)15-4-2-1-3-13(15)11-23-14-7-5-12(6-8-14)17(21)22/h5-8,13,15H,1-4,10-11H2,(H,19,20)(H,21,22)/t13-,15+/m1/s1. The van der Waals surface area contributed by atoms with Crippen molar-refractivity contribution in [2.24, 2.45) is 11.8 Å². The molecule has 1 aromatic rings. The summed E-state index contributed by atoms with van der Waals surface area (Å²) in [6.45, 7) is 0.0614. The van der Waals surface area contributed by atoms with Crippen molar-refractivity contribution in [3.63, 3.8) is 0 Å². The molecule has 1 aliphatic carbocycles. The number of hydrogen-bond acceptors (Lipinski definition) is 4. The molecule has 1 amide bonds. The second-order valence-corrected chi connectivity index (χ2v) is 6.76. The Morgan fingerprint density at radius 1 is 1.26 bits per heavy atom. The fourth-order valence-electron chi connectivity index (χ4n) is 2.91. The Kier molecular flexibility index (Phi) is 6.48. The molecule has 5 nitrogen and oxygen atoms in total. The second-order valence-electron chi connectivity index (χ2n) is 5.67. The number of benzene rings is 1. The summed E-state index contributed by atoms with van der Waals surface area (Å²) in [4.78, 5) is 24.0. The summed E-state index contributed by atoms with van der Waals surface area (Å²) in [7, 11) is 0. The minimum Gasteiger partial charge on any atom is -0.478 e. The molecule has 1 fully saturated rings. The first-order valence-electron chi connectivity index (χ1n) is 7.72. The van der Waals surface area contributed by atoms with Crippen LogP contribution in [0.15, 0.2) is 29.2 Å². The van der Waals surface area contributed by atoms with Gasteiger partial charge in [-0.1, -0.05) is 12.8 Å². The number of rotatable bonds is 6. The van der Waals surface area contributed by atoms with Gasteiger partial charge in [-0.3, -0.25) is 4.79 Å². The fraction of sp³-hybridized carbons (Fsp3) is 0.471. The van der Waals surface area contributed by atoms with Gasteiger partial charge in [0.1, 0.15) is 6.54 Å². The van der Waals surface area contributed by atoms with Gasteiger partial charge in [-0.15, -0.1) is 11.8 Å². The largest absolute Gasteiger partial charge is 0.478 e. The van der Waals surface area contributed by atoms with E-state index in [-0.39, 0.29) is 23.9 Å². The maximum absolute atomic E-state index is 12.2. The molecule has 122 valence electrons. The molecule has 2 rings (SSSR count).